The number of anilines is 1. The molecule has 8 heteroatoms. The predicted molar refractivity (Wildman–Crippen MR) is 101 cm³/mol. The van der Waals surface area contributed by atoms with Gasteiger partial charge < -0.3 is 5.32 Å². The number of fused-ring (bicyclic) bond motifs is 1. The molecule has 1 heterocycles. The van der Waals surface area contributed by atoms with Gasteiger partial charge in [-0.1, -0.05) is 26.2 Å². The number of unbranched alkanes of at least 4 members (excludes halogenated alkanes) is 2. The van der Waals surface area contributed by atoms with Gasteiger partial charge in [-0.15, -0.1) is 0 Å². The lowest BCUT2D eigenvalue weighted by Crippen LogP contribution is -2.46. The van der Waals surface area contributed by atoms with Crippen LogP contribution in [0.3, 0.4) is 0 Å². The number of carbonyl (C=O) groups is 3. The van der Waals surface area contributed by atoms with Gasteiger partial charge in [0.1, 0.15) is 0 Å². The molecule has 8 nitrogen and oxygen atoms in total. The first kappa shape index (κ1) is 20.7. The first-order valence-electron chi connectivity index (χ1n) is 9.43. The second-order valence-corrected chi connectivity index (χ2v) is 6.77. The third-order valence-electron chi connectivity index (χ3n) is 4.66. The first-order chi connectivity index (χ1) is 13.0. The molecule has 1 aliphatic heterocycles. The van der Waals surface area contributed by atoms with Crippen LogP contribution in [0.4, 0.5) is 5.69 Å². The van der Waals surface area contributed by atoms with Crippen LogP contribution in [0.5, 0.6) is 0 Å². The van der Waals surface area contributed by atoms with Crippen molar-refractivity contribution < 1.29 is 19.6 Å². The normalized spacial score (nSPS) is 13.7. The van der Waals surface area contributed by atoms with Crippen molar-refractivity contribution in [2.75, 3.05) is 18.4 Å². The number of carbonyl (C=O) groups excluding carboxylic acids is 3. The van der Waals surface area contributed by atoms with Gasteiger partial charge in [-0.2, -0.15) is 0 Å². The van der Waals surface area contributed by atoms with Crippen LogP contribution in [-0.4, -0.2) is 41.6 Å². The Morgan fingerprint density at radius 1 is 1.33 bits per heavy atom. The number of nitrogens with one attached hydrogen (secondary N) is 3. The summed E-state index contributed by atoms with van der Waals surface area (Å²) in [7, 11) is 0. The molecule has 27 heavy (non-hydrogen) atoms. The van der Waals surface area contributed by atoms with Crippen molar-refractivity contribution in [2.45, 2.75) is 45.4 Å². The lowest BCUT2D eigenvalue weighted by Gasteiger charge is -2.20. The van der Waals surface area contributed by atoms with Crippen molar-refractivity contribution >= 4 is 23.9 Å². The molecule has 1 aliphatic rings. The number of hydroxylamine groups is 2. The topological polar surface area (TPSA) is 111 Å². The van der Waals surface area contributed by atoms with Gasteiger partial charge in [-0.3, -0.25) is 30.4 Å². The molecule has 0 radical (unpaired) electrons. The molecule has 2 rings (SSSR count). The molecule has 0 fully saturated rings. The Labute approximate surface area is 159 Å². The van der Waals surface area contributed by atoms with E-state index in [0.29, 0.717) is 17.0 Å². The molecule has 3 amide bonds. The molecule has 0 saturated heterocycles. The molecule has 1 aromatic carbocycles. The number of rotatable bonds is 9. The Hall–Kier alpha value is -2.61. The van der Waals surface area contributed by atoms with Crippen LogP contribution >= 0.6 is 0 Å². The van der Waals surface area contributed by atoms with Gasteiger partial charge in [0.25, 0.3) is 5.91 Å². The monoisotopic (exact) mass is 376 g/mol. The highest BCUT2D eigenvalue weighted by Crippen LogP contribution is 2.22. The van der Waals surface area contributed by atoms with E-state index < -0.39 is 17.7 Å². The summed E-state index contributed by atoms with van der Waals surface area (Å²) in [5.74, 6) is -1.43. The fourth-order valence-electron chi connectivity index (χ4n) is 3.12. The van der Waals surface area contributed by atoms with Crippen LogP contribution < -0.4 is 16.2 Å². The maximum absolute atomic E-state index is 12.4. The lowest BCUT2D eigenvalue weighted by atomic mass is 10.00. The van der Waals surface area contributed by atoms with Crippen molar-refractivity contribution in [3.05, 3.63) is 29.3 Å². The highest BCUT2D eigenvalue weighted by atomic mass is 16.5. The summed E-state index contributed by atoms with van der Waals surface area (Å²) in [4.78, 5) is 35.3. The molecule has 0 bridgehead atoms. The maximum Gasteiger partial charge on any atom is 0.269 e. The largest absolute Gasteiger partial charge is 0.385 e. The minimum atomic E-state index is -0.597. The summed E-state index contributed by atoms with van der Waals surface area (Å²) in [6.07, 6.45) is 5.45. The maximum atomic E-state index is 12.4. The molecule has 0 unspecified atom stereocenters. The van der Waals surface area contributed by atoms with Gasteiger partial charge in [0.05, 0.1) is 12.5 Å². The third-order valence-corrected chi connectivity index (χ3v) is 4.66. The molecular formula is C19H28N4O4. The molecule has 0 saturated carbocycles. The van der Waals surface area contributed by atoms with Crippen LogP contribution in [0.15, 0.2) is 18.2 Å². The highest BCUT2D eigenvalue weighted by Gasteiger charge is 2.21. The number of hydrogen-bond donors (Lipinski definition) is 4. The average Bonchev–Trinajstić information content (AvgIpc) is 2.70. The molecular weight excluding hydrogens is 348 g/mol. The zero-order valence-corrected chi connectivity index (χ0v) is 15.7. The van der Waals surface area contributed by atoms with E-state index in [1.807, 2.05) is 19.1 Å². The second kappa shape index (κ2) is 10.5. The van der Waals surface area contributed by atoms with Gasteiger partial charge in [0.2, 0.25) is 12.3 Å². The van der Waals surface area contributed by atoms with E-state index in [-0.39, 0.29) is 13.0 Å². The fraction of sp³-hybridized carbons (Fsp3) is 0.526. The van der Waals surface area contributed by atoms with Crippen molar-refractivity contribution in [3.8, 4) is 0 Å². The number of hydrazine groups is 1. The number of hydrogen-bond acceptors (Lipinski definition) is 5. The van der Waals surface area contributed by atoms with Crippen molar-refractivity contribution in [2.24, 2.45) is 5.92 Å². The third kappa shape index (κ3) is 6.25. The van der Waals surface area contributed by atoms with Crippen LogP contribution in [-0.2, 0) is 16.0 Å². The van der Waals surface area contributed by atoms with Crippen LogP contribution in [0, 0.1) is 5.92 Å². The quantitative estimate of drug-likeness (QED) is 0.227. The van der Waals surface area contributed by atoms with E-state index in [4.69, 9.17) is 0 Å². The molecule has 148 valence electrons. The minimum Gasteiger partial charge on any atom is -0.385 e. The van der Waals surface area contributed by atoms with Crippen molar-refractivity contribution in [1.82, 2.24) is 15.9 Å². The van der Waals surface area contributed by atoms with E-state index in [1.165, 1.54) is 0 Å². The fourth-order valence-corrected chi connectivity index (χ4v) is 3.12. The Kier molecular flexibility index (Phi) is 8.06. The molecule has 0 aliphatic carbocycles. The van der Waals surface area contributed by atoms with E-state index in [1.54, 1.807) is 6.07 Å². The number of nitrogens with zero attached hydrogens (tertiary/aromatic N) is 1. The first-order valence-corrected chi connectivity index (χ1v) is 9.43. The Morgan fingerprint density at radius 2 is 2.15 bits per heavy atom. The van der Waals surface area contributed by atoms with Gasteiger partial charge >= 0.3 is 0 Å². The van der Waals surface area contributed by atoms with Gasteiger partial charge in [-0.05, 0) is 43.0 Å². The van der Waals surface area contributed by atoms with Crippen LogP contribution in [0.25, 0.3) is 0 Å². The van der Waals surface area contributed by atoms with E-state index in [0.717, 1.165) is 49.9 Å². The average molecular weight is 376 g/mol. The summed E-state index contributed by atoms with van der Waals surface area (Å²) in [6.45, 7) is 2.86. The Morgan fingerprint density at radius 3 is 2.89 bits per heavy atom. The van der Waals surface area contributed by atoms with Crippen molar-refractivity contribution in [1.29, 1.82) is 0 Å². The smallest absolute Gasteiger partial charge is 0.269 e. The molecule has 0 aromatic heterocycles. The zero-order valence-electron chi connectivity index (χ0n) is 15.7. The van der Waals surface area contributed by atoms with Gasteiger partial charge in [0, 0.05) is 17.8 Å². The molecule has 1 atom stereocenters. The van der Waals surface area contributed by atoms with E-state index in [9.17, 15) is 19.6 Å². The minimum absolute atomic E-state index is 0.112. The van der Waals surface area contributed by atoms with E-state index >= 15 is 0 Å². The number of amides is 3. The molecule has 0 spiro atoms. The summed E-state index contributed by atoms with van der Waals surface area (Å²) in [5, 5.41) is 13.1. The summed E-state index contributed by atoms with van der Waals surface area (Å²) in [5.41, 5.74) is 7.42. The second-order valence-electron chi connectivity index (χ2n) is 6.77. The Bertz CT molecular complexity index is 665. The summed E-state index contributed by atoms with van der Waals surface area (Å²) >= 11 is 0. The predicted octanol–water partition coefficient (Wildman–Crippen LogP) is 1.85. The van der Waals surface area contributed by atoms with Crippen LogP contribution in [0.2, 0.25) is 0 Å². The summed E-state index contributed by atoms with van der Waals surface area (Å²) < 4.78 is 0. The SMILES string of the molecule is CCCCC[C@@H](CN(O)C=O)C(=O)NNC(=O)c1ccc2c(c1)CCCN2. The summed E-state index contributed by atoms with van der Waals surface area (Å²) in [6, 6.07) is 5.40. The lowest BCUT2D eigenvalue weighted by molar-refractivity contribution is -0.154. The Balaban J connectivity index is 1.92. The van der Waals surface area contributed by atoms with E-state index in [2.05, 4.69) is 16.2 Å². The van der Waals surface area contributed by atoms with Crippen LogP contribution in [0.1, 0.15) is 54.9 Å². The van der Waals surface area contributed by atoms with Gasteiger partial charge in [0.15, 0.2) is 0 Å². The number of benzene rings is 1. The van der Waals surface area contributed by atoms with Gasteiger partial charge in [-0.25, -0.2) is 5.06 Å². The number of aryl methyl sites for hydroxylation is 1. The molecule has 4 N–H and O–H groups in total. The molecule has 1 aromatic rings. The van der Waals surface area contributed by atoms with Crippen molar-refractivity contribution in [3.63, 3.8) is 0 Å². The zero-order chi connectivity index (χ0) is 19.6. The standard InChI is InChI=1S/C19H28N4O4/c1-2-3-4-6-16(12-23(27)13-24)19(26)22-21-18(25)15-8-9-17-14(11-15)7-5-10-20-17/h8-9,11,13,16,20,27H,2-7,10,12H2,1H3,(H,21,25)(H,22,26)/t16-/m0/s1. The highest BCUT2D eigenvalue weighted by molar-refractivity contribution is 5.96.